The summed E-state index contributed by atoms with van der Waals surface area (Å²) in [6, 6.07) is 1.60. The molecule has 0 aromatic heterocycles. The molecule has 2 atom stereocenters. The van der Waals surface area contributed by atoms with Crippen LogP contribution in [0.2, 0.25) is 0 Å². The van der Waals surface area contributed by atoms with Gasteiger partial charge in [-0.2, -0.15) is 0 Å². The Balaban J connectivity index is 1.82. The quantitative estimate of drug-likeness (QED) is 0.752. The van der Waals surface area contributed by atoms with Crippen molar-refractivity contribution in [3.63, 3.8) is 0 Å². The zero-order chi connectivity index (χ0) is 12.5. The van der Waals surface area contributed by atoms with Gasteiger partial charge in [0.1, 0.15) is 0 Å². The summed E-state index contributed by atoms with van der Waals surface area (Å²) in [5, 5.41) is 3.96. The Kier molecular flexibility index (Phi) is 4.18. The van der Waals surface area contributed by atoms with E-state index in [0.717, 1.165) is 23.9 Å². The lowest BCUT2D eigenvalue weighted by molar-refractivity contribution is 0.136. The molecular formula is C16H31N. The standard InChI is InChI=1S/C16H31N/c1-12-5-7-14(8-6-12)17-15-9-13(2)10-16(3,4)11-15/h12-15,17H,5-11H2,1-4H3. The predicted octanol–water partition coefficient (Wildman–Crippen LogP) is 4.37. The van der Waals surface area contributed by atoms with Gasteiger partial charge in [-0.15, -0.1) is 0 Å². The normalized spacial score (nSPS) is 42.4. The monoisotopic (exact) mass is 237 g/mol. The molecule has 2 aliphatic rings. The summed E-state index contributed by atoms with van der Waals surface area (Å²) >= 11 is 0. The molecule has 0 aromatic carbocycles. The minimum absolute atomic E-state index is 0.553. The molecule has 17 heavy (non-hydrogen) atoms. The molecule has 1 nitrogen and oxygen atoms in total. The minimum Gasteiger partial charge on any atom is -0.311 e. The highest BCUT2D eigenvalue weighted by Gasteiger charge is 2.33. The van der Waals surface area contributed by atoms with Gasteiger partial charge >= 0.3 is 0 Å². The van der Waals surface area contributed by atoms with Crippen LogP contribution in [0.15, 0.2) is 0 Å². The van der Waals surface area contributed by atoms with Crippen LogP contribution in [0.25, 0.3) is 0 Å². The van der Waals surface area contributed by atoms with Crippen LogP contribution in [0.4, 0.5) is 0 Å². The summed E-state index contributed by atoms with van der Waals surface area (Å²) in [4.78, 5) is 0. The Morgan fingerprint density at radius 1 is 0.824 bits per heavy atom. The maximum atomic E-state index is 3.96. The fourth-order valence-corrected chi connectivity index (χ4v) is 4.23. The van der Waals surface area contributed by atoms with Crippen molar-refractivity contribution in [2.24, 2.45) is 17.3 Å². The van der Waals surface area contributed by atoms with Gasteiger partial charge in [-0.05, 0) is 62.2 Å². The molecule has 100 valence electrons. The van der Waals surface area contributed by atoms with Crippen LogP contribution in [0.3, 0.4) is 0 Å². The maximum Gasteiger partial charge on any atom is 0.00772 e. The summed E-state index contributed by atoms with van der Waals surface area (Å²) in [5.41, 5.74) is 0.553. The van der Waals surface area contributed by atoms with E-state index in [0.29, 0.717) is 5.41 Å². The molecule has 0 bridgehead atoms. The molecule has 0 spiro atoms. The summed E-state index contributed by atoms with van der Waals surface area (Å²) in [6.07, 6.45) is 9.87. The number of hydrogen-bond acceptors (Lipinski definition) is 1. The topological polar surface area (TPSA) is 12.0 Å². The van der Waals surface area contributed by atoms with Gasteiger partial charge in [-0.25, -0.2) is 0 Å². The van der Waals surface area contributed by atoms with Crippen molar-refractivity contribution in [1.29, 1.82) is 0 Å². The van der Waals surface area contributed by atoms with Gasteiger partial charge in [0, 0.05) is 12.1 Å². The molecule has 2 unspecified atom stereocenters. The van der Waals surface area contributed by atoms with E-state index in [-0.39, 0.29) is 0 Å². The van der Waals surface area contributed by atoms with Crippen LogP contribution in [0.5, 0.6) is 0 Å². The molecule has 0 aliphatic heterocycles. The summed E-state index contributed by atoms with van der Waals surface area (Å²) < 4.78 is 0. The first kappa shape index (κ1) is 13.4. The number of nitrogens with one attached hydrogen (secondary N) is 1. The van der Waals surface area contributed by atoms with E-state index >= 15 is 0 Å². The van der Waals surface area contributed by atoms with Crippen LogP contribution in [0.1, 0.15) is 72.6 Å². The number of rotatable bonds is 2. The Labute approximate surface area is 108 Å². The highest BCUT2D eigenvalue weighted by molar-refractivity contribution is 4.89. The van der Waals surface area contributed by atoms with E-state index in [9.17, 15) is 0 Å². The van der Waals surface area contributed by atoms with Gasteiger partial charge in [-0.1, -0.05) is 27.7 Å². The van der Waals surface area contributed by atoms with Crippen LogP contribution >= 0.6 is 0 Å². The van der Waals surface area contributed by atoms with Crippen molar-refractivity contribution < 1.29 is 0 Å². The Hall–Kier alpha value is -0.0400. The fraction of sp³-hybridized carbons (Fsp3) is 1.00. The minimum atomic E-state index is 0.553. The lowest BCUT2D eigenvalue weighted by Crippen LogP contribution is -2.45. The van der Waals surface area contributed by atoms with Gasteiger partial charge < -0.3 is 5.32 Å². The van der Waals surface area contributed by atoms with E-state index in [2.05, 4.69) is 33.0 Å². The smallest absolute Gasteiger partial charge is 0.00772 e. The summed E-state index contributed by atoms with van der Waals surface area (Å²) in [6.45, 7) is 9.72. The van der Waals surface area contributed by atoms with Crippen molar-refractivity contribution in [2.45, 2.75) is 84.7 Å². The van der Waals surface area contributed by atoms with Gasteiger partial charge in [0.05, 0.1) is 0 Å². The molecule has 2 saturated carbocycles. The maximum absolute atomic E-state index is 3.96. The second-order valence-corrected chi connectivity index (χ2v) is 7.73. The number of hydrogen-bond donors (Lipinski definition) is 1. The van der Waals surface area contributed by atoms with E-state index in [1.807, 2.05) is 0 Å². The van der Waals surface area contributed by atoms with E-state index in [1.165, 1.54) is 44.9 Å². The SMILES string of the molecule is CC1CCC(NC2CC(C)CC(C)(C)C2)CC1. The molecule has 1 N–H and O–H groups in total. The highest BCUT2D eigenvalue weighted by atomic mass is 15.0. The van der Waals surface area contributed by atoms with Crippen LogP contribution in [-0.4, -0.2) is 12.1 Å². The third kappa shape index (κ3) is 3.98. The van der Waals surface area contributed by atoms with E-state index < -0.39 is 0 Å². The largest absolute Gasteiger partial charge is 0.311 e. The molecule has 2 rings (SSSR count). The van der Waals surface area contributed by atoms with Crippen LogP contribution < -0.4 is 5.32 Å². The molecule has 2 aliphatic carbocycles. The zero-order valence-corrected chi connectivity index (χ0v) is 12.3. The lowest BCUT2D eigenvalue weighted by Gasteiger charge is -2.41. The predicted molar refractivity (Wildman–Crippen MR) is 75.1 cm³/mol. The highest BCUT2D eigenvalue weighted by Crippen LogP contribution is 2.39. The van der Waals surface area contributed by atoms with Gasteiger partial charge in [0.25, 0.3) is 0 Å². The molecule has 0 amide bonds. The molecule has 0 aromatic rings. The van der Waals surface area contributed by atoms with Crippen molar-refractivity contribution >= 4 is 0 Å². The van der Waals surface area contributed by atoms with E-state index in [4.69, 9.17) is 0 Å². The molecule has 0 radical (unpaired) electrons. The molecule has 2 fully saturated rings. The third-order valence-corrected chi connectivity index (χ3v) is 4.87. The van der Waals surface area contributed by atoms with Gasteiger partial charge in [-0.3, -0.25) is 0 Å². The molecule has 0 saturated heterocycles. The van der Waals surface area contributed by atoms with E-state index in [1.54, 1.807) is 0 Å². The lowest BCUT2D eigenvalue weighted by atomic mass is 9.70. The van der Waals surface area contributed by atoms with Crippen molar-refractivity contribution in [3.05, 3.63) is 0 Å². The zero-order valence-electron chi connectivity index (χ0n) is 12.3. The second kappa shape index (κ2) is 5.30. The van der Waals surface area contributed by atoms with Crippen molar-refractivity contribution in [2.75, 3.05) is 0 Å². The Bertz CT molecular complexity index is 238. The summed E-state index contributed by atoms with van der Waals surface area (Å²) in [5.74, 6) is 1.87. The average Bonchev–Trinajstić information content (AvgIpc) is 2.18. The Morgan fingerprint density at radius 2 is 1.47 bits per heavy atom. The second-order valence-electron chi connectivity index (χ2n) is 7.73. The molecule has 1 heteroatoms. The molecular weight excluding hydrogens is 206 g/mol. The first-order valence-corrected chi connectivity index (χ1v) is 7.71. The van der Waals surface area contributed by atoms with Crippen LogP contribution in [-0.2, 0) is 0 Å². The summed E-state index contributed by atoms with van der Waals surface area (Å²) in [7, 11) is 0. The van der Waals surface area contributed by atoms with Gasteiger partial charge in [0.15, 0.2) is 0 Å². The van der Waals surface area contributed by atoms with Gasteiger partial charge in [0.2, 0.25) is 0 Å². The fourth-order valence-electron chi connectivity index (χ4n) is 4.23. The first-order valence-electron chi connectivity index (χ1n) is 7.71. The Morgan fingerprint density at radius 3 is 2.06 bits per heavy atom. The molecule has 0 heterocycles. The van der Waals surface area contributed by atoms with Crippen molar-refractivity contribution in [1.82, 2.24) is 5.32 Å². The van der Waals surface area contributed by atoms with Crippen molar-refractivity contribution in [3.8, 4) is 0 Å². The third-order valence-electron chi connectivity index (χ3n) is 4.87. The first-order chi connectivity index (χ1) is 7.94. The van der Waals surface area contributed by atoms with Crippen LogP contribution in [0, 0.1) is 17.3 Å². The average molecular weight is 237 g/mol.